The largest absolute Gasteiger partial charge is 0.296 e. The molecule has 0 saturated carbocycles. The fourth-order valence-corrected chi connectivity index (χ4v) is 4.23. The summed E-state index contributed by atoms with van der Waals surface area (Å²) >= 11 is 0. The number of rotatable bonds is 0. The van der Waals surface area contributed by atoms with Crippen molar-refractivity contribution in [2.45, 2.75) is 90.4 Å². The second-order valence-corrected chi connectivity index (χ2v) is 8.72. The van der Waals surface area contributed by atoms with E-state index in [1.807, 2.05) is 0 Å². The Bertz CT molecular complexity index is 253. The van der Waals surface area contributed by atoms with Crippen LogP contribution in [0.3, 0.4) is 0 Å². The topological polar surface area (TPSA) is 6.48 Å². The van der Waals surface area contributed by atoms with Crippen LogP contribution in [-0.2, 0) is 0 Å². The number of hydrogen-bond donors (Lipinski definition) is 0. The van der Waals surface area contributed by atoms with Gasteiger partial charge in [-0.15, -0.1) is 0 Å². The summed E-state index contributed by atoms with van der Waals surface area (Å²) in [5.74, 6) is 0. The average molecular weight is 254 g/mol. The first-order valence-electron chi connectivity index (χ1n) is 7.20. The predicted molar refractivity (Wildman–Crippen MR) is 81.1 cm³/mol. The molecule has 0 atom stereocenters. The van der Waals surface area contributed by atoms with Crippen LogP contribution >= 0.6 is 0 Å². The Morgan fingerprint density at radius 2 is 0.667 bits per heavy atom. The Kier molecular flexibility index (Phi) is 3.74. The van der Waals surface area contributed by atoms with Crippen molar-refractivity contribution in [1.82, 2.24) is 9.80 Å². The molecule has 0 aliphatic carbocycles. The fourth-order valence-electron chi connectivity index (χ4n) is 4.23. The molecule has 0 aromatic carbocycles. The van der Waals surface area contributed by atoms with Crippen molar-refractivity contribution in [2.24, 2.45) is 0 Å². The smallest absolute Gasteiger partial charge is 0.0172 e. The summed E-state index contributed by atoms with van der Waals surface area (Å²) in [5.41, 5.74) is 0.880. The first-order valence-corrected chi connectivity index (χ1v) is 7.20. The molecule has 0 amide bonds. The van der Waals surface area contributed by atoms with Crippen molar-refractivity contribution in [3.05, 3.63) is 0 Å². The Balaban J connectivity index is 3.25. The molecule has 0 aromatic rings. The summed E-state index contributed by atoms with van der Waals surface area (Å²) < 4.78 is 0. The molecule has 1 aliphatic heterocycles. The van der Waals surface area contributed by atoms with Crippen LogP contribution in [0.5, 0.6) is 0 Å². The van der Waals surface area contributed by atoms with Gasteiger partial charge in [-0.05, 0) is 82.3 Å². The maximum absolute atomic E-state index is 2.58. The Hall–Kier alpha value is -0.0800. The van der Waals surface area contributed by atoms with Gasteiger partial charge in [-0.2, -0.15) is 0 Å². The van der Waals surface area contributed by atoms with Crippen molar-refractivity contribution in [3.8, 4) is 0 Å². The van der Waals surface area contributed by atoms with E-state index in [4.69, 9.17) is 0 Å². The Labute approximate surface area is 115 Å². The quantitative estimate of drug-likeness (QED) is 0.649. The van der Waals surface area contributed by atoms with Crippen molar-refractivity contribution < 1.29 is 0 Å². The van der Waals surface area contributed by atoms with E-state index in [2.05, 4.69) is 79.3 Å². The van der Waals surface area contributed by atoms with Gasteiger partial charge in [-0.3, -0.25) is 9.80 Å². The summed E-state index contributed by atoms with van der Waals surface area (Å²) in [6.45, 7) is 19.0. The third kappa shape index (κ3) is 2.75. The van der Waals surface area contributed by atoms with Crippen LogP contribution in [0.2, 0.25) is 0 Å². The minimum absolute atomic E-state index is 0.220. The van der Waals surface area contributed by atoms with Crippen LogP contribution in [0.15, 0.2) is 0 Å². The van der Waals surface area contributed by atoms with Gasteiger partial charge in [0.05, 0.1) is 0 Å². The van der Waals surface area contributed by atoms with Gasteiger partial charge in [0.15, 0.2) is 0 Å². The lowest BCUT2D eigenvalue weighted by atomic mass is 9.74. The molecule has 0 bridgehead atoms. The highest BCUT2D eigenvalue weighted by Gasteiger charge is 2.48. The Morgan fingerprint density at radius 1 is 0.500 bits per heavy atom. The van der Waals surface area contributed by atoms with E-state index >= 15 is 0 Å². The van der Waals surface area contributed by atoms with Crippen LogP contribution < -0.4 is 0 Å². The molecule has 0 aromatic heterocycles. The fraction of sp³-hybridized carbons (Fsp3) is 1.00. The Morgan fingerprint density at radius 3 is 0.833 bits per heavy atom. The third-order valence-corrected chi connectivity index (χ3v) is 5.36. The summed E-state index contributed by atoms with van der Waals surface area (Å²) in [4.78, 5) is 5.16. The molecule has 0 radical (unpaired) electrons. The lowest BCUT2D eigenvalue weighted by Crippen LogP contribution is -2.66. The normalized spacial score (nSPS) is 31.7. The zero-order valence-corrected chi connectivity index (χ0v) is 14.3. The molecule has 2 heteroatoms. The van der Waals surface area contributed by atoms with Gasteiger partial charge in [-0.1, -0.05) is 0 Å². The van der Waals surface area contributed by atoms with Crippen molar-refractivity contribution in [3.63, 3.8) is 0 Å². The van der Waals surface area contributed by atoms with Gasteiger partial charge < -0.3 is 0 Å². The predicted octanol–water partition coefficient (Wildman–Crippen LogP) is 3.76. The van der Waals surface area contributed by atoms with Gasteiger partial charge in [0.25, 0.3) is 0 Å². The van der Waals surface area contributed by atoms with E-state index in [0.717, 1.165) is 0 Å². The van der Waals surface area contributed by atoms with Crippen molar-refractivity contribution >= 4 is 0 Å². The van der Waals surface area contributed by atoms with Crippen molar-refractivity contribution in [2.75, 3.05) is 14.1 Å². The first kappa shape index (κ1) is 16.0. The first-order chi connectivity index (χ1) is 7.72. The van der Waals surface area contributed by atoms with Gasteiger partial charge in [0.2, 0.25) is 0 Å². The maximum atomic E-state index is 2.58. The summed E-state index contributed by atoms with van der Waals surface area (Å²) in [6.07, 6.45) is 2.36. The highest BCUT2D eigenvalue weighted by atomic mass is 15.3. The molecule has 1 saturated heterocycles. The minimum atomic E-state index is 0.220. The monoisotopic (exact) mass is 254 g/mol. The lowest BCUT2D eigenvalue weighted by Gasteiger charge is -2.59. The van der Waals surface area contributed by atoms with Gasteiger partial charge in [0, 0.05) is 22.2 Å². The molecular formula is C16H34N2. The molecule has 108 valence electrons. The van der Waals surface area contributed by atoms with Crippen molar-refractivity contribution in [1.29, 1.82) is 0 Å². The highest BCUT2D eigenvalue weighted by molar-refractivity contribution is 5.05. The molecule has 1 heterocycles. The van der Waals surface area contributed by atoms with Crippen LogP contribution in [0.1, 0.15) is 68.2 Å². The average Bonchev–Trinajstić information content (AvgIpc) is 2.10. The number of nitrogens with zero attached hydrogens (tertiary/aromatic N) is 2. The summed E-state index contributed by atoms with van der Waals surface area (Å²) in [6, 6.07) is 0. The SMILES string of the molecule is CN1C(C)(C)CC(C)(C)N(C)C(C)(C)CC1(C)C. The second kappa shape index (κ2) is 4.21. The number of hydrogen-bond acceptors (Lipinski definition) is 2. The standard InChI is InChI=1S/C16H34N2/c1-13(2)11-14(3,4)18(10)16(7,8)12-15(5,6)17(13)9/h11-12H2,1-10H3. The molecule has 0 N–H and O–H groups in total. The van der Waals surface area contributed by atoms with Crippen LogP contribution in [0.25, 0.3) is 0 Å². The maximum Gasteiger partial charge on any atom is 0.0172 e. The third-order valence-electron chi connectivity index (χ3n) is 5.36. The van der Waals surface area contributed by atoms with E-state index in [-0.39, 0.29) is 22.2 Å². The minimum Gasteiger partial charge on any atom is -0.296 e. The second-order valence-electron chi connectivity index (χ2n) is 8.72. The summed E-state index contributed by atoms with van der Waals surface area (Å²) in [7, 11) is 4.58. The van der Waals surface area contributed by atoms with Crippen LogP contribution in [0.4, 0.5) is 0 Å². The highest BCUT2D eigenvalue weighted by Crippen LogP contribution is 2.42. The van der Waals surface area contributed by atoms with E-state index in [0.29, 0.717) is 0 Å². The molecule has 2 nitrogen and oxygen atoms in total. The molecule has 18 heavy (non-hydrogen) atoms. The molecule has 1 aliphatic rings. The summed E-state index contributed by atoms with van der Waals surface area (Å²) in [5, 5.41) is 0. The zero-order chi connectivity index (χ0) is 14.6. The van der Waals surface area contributed by atoms with E-state index in [1.165, 1.54) is 12.8 Å². The van der Waals surface area contributed by atoms with Crippen LogP contribution in [-0.4, -0.2) is 46.1 Å². The van der Waals surface area contributed by atoms with Crippen LogP contribution in [0, 0.1) is 0 Å². The van der Waals surface area contributed by atoms with Gasteiger partial charge in [0.1, 0.15) is 0 Å². The molecule has 1 fully saturated rings. The molecule has 0 spiro atoms. The molecular weight excluding hydrogens is 220 g/mol. The van der Waals surface area contributed by atoms with E-state index in [1.54, 1.807) is 0 Å². The molecule has 1 rings (SSSR count). The molecule has 0 unspecified atom stereocenters. The van der Waals surface area contributed by atoms with Gasteiger partial charge in [-0.25, -0.2) is 0 Å². The zero-order valence-electron chi connectivity index (χ0n) is 14.3. The van der Waals surface area contributed by atoms with E-state index in [9.17, 15) is 0 Å². The van der Waals surface area contributed by atoms with Gasteiger partial charge >= 0.3 is 0 Å². The lowest BCUT2D eigenvalue weighted by molar-refractivity contribution is -0.0839. The van der Waals surface area contributed by atoms with E-state index < -0.39 is 0 Å².